The summed E-state index contributed by atoms with van der Waals surface area (Å²) in [5.74, 6) is -0.0689. The van der Waals surface area contributed by atoms with E-state index >= 15 is 0 Å². The topological polar surface area (TPSA) is 75.4 Å². The van der Waals surface area contributed by atoms with Gasteiger partial charge in [-0.2, -0.15) is 0 Å². The molecule has 0 atom stereocenters. The van der Waals surface area contributed by atoms with E-state index in [9.17, 15) is 9.59 Å². The fourth-order valence-corrected chi connectivity index (χ4v) is 2.85. The highest BCUT2D eigenvalue weighted by Gasteiger charge is 2.18. The van der Waals surface area contributed by atoms with Crippen LogP contribution in [0.4, 0.5) is 0 Å². The molecule has 6 heteroatoms. The Morgan fingerprint density at radius 2 is 1.68 bits per heavy atom. The predicted molar refractivity (Wildman–Crippen MR) is 107 cm³/mol. The molecule has 28 heavy (non-hydrogen) atoms. The van der Waals surface area contributed by atoms with Gasteiger partial charge in [0.1, 0.15) is 6.26 Å². The highest BCUT2D eigenvalue weighted by molar-refractivity contribution is 5.94. The number of nitrogens with zero attached hydrogens (tertiary/aromatic N) is 2. The highest BCUT2D eigenvalue weighted by atomic mass is 16.3. The van der Waals surface area contributed by atoms with Crippen molar-refractivity contribution in [2.24, 2.45) is 0 Å². The zero-order chi connectivity index (χ0) is 19.9. The third-order valence-electron chi connectivity index (χ3n) is 4.36. The van der Waals surface area contributed by atoms with Crippen molar-refractivity contribution in [3.63, 3.8) is 0 Å². The van der Waals surface area contributed by atoms with Gasteiger partial charge in [-0.1, -0.05) is 42.5 Å². The molecule has 2 amide bonds. The number of benzene rings is 2. The average Bonchev–Trinajstić information content (AvgIpc) is 3.21. The molecule has 1 aromatic heterocycles. The standard InChI is InChI=1S/C22H23N3O3/c1-3-23-21(26)19-15-28-20(24-19)14-25(4-2)22(27)18-12-10-17(11-13-18)16-8-6-5-7-9-16/h5-13,15H,3-4,14H2,1-2H3,(H,23,26). The normalized spacial score (nSPS) is 10.5. The molecule has 3 rings (SSSR count). The summed E-state index contributed by atoms with van der Waals surface area (Å²) in [6.45, 7) is 4.94. The molecule has 1 heterocycles. The second-order valence-corrected chi connectivity index (χ2v) is 6.25. The SMILES string of the molecule is CCNC(=O)c1coc(CN(CC)C(=O)c2ccc(-c3ccccc3)cc2)n1. The summed E-state index contributed by atoms with van der Waals surface area (Å²) < 4.78 is 5.36. The molecule has 2 aromatic carbocycles. The van der Waals surface area contributed by atoms with Gasteiger partial charge in [0.05, 0.1) is 6.54 Å². The second kappa shape index (κ2) is 8.99. The fourth-order valence-electron chi connectivity index (χ4n) is 2.85. The van der Waals surface area contributed by atoms with Gasteiger partial charge in [0.2, 0.25) is 5.89 Å². The molecular weight excluding hydrogens is 354 g/mol. The van der Waals surface area contributed by atoms with E-state index in [-0.39, 0.29) is 24.1 Å². The maximum atomic E-state index is 12.8. The van der Waals surface area contributed by atoms with E-state index in [4.69, 9.17) is 4.42 Å². The van der Waals surface area contributed by atoms with E-state index < -0.39 is 0 Å². The van der Waals surface area contributed by atoms with Crippen molar-refractivity contribution in [2.75, 3.05) is 13.1 Å². The van der Waals surface area contributed by atoms with Crippen LogP contribution in [0.15, 0.2) is 65.3 Å². The molecule has 0 fully saturated rings. The van der Waals surface area contributed by atoms with Crippen molar-refractivity contribution in [1.29, 1.82) is 0 Å². The van der Waals surface area contributed by atoms with Crippen molar-refractivity contribution in [1.82, 2.24) is 15.2 Å². The van der Waals surface area contributed by atoms with Gasteiger partial charge in [-0.05, 0) is 37.1 Å². The molecule has 0 aliphatic carbocycles. The van der Waals surface area contributed by atoms with E-state index in [0.29, 0.717) is 24.5 Å². The molecule has 0 aliphatic rings. The first-order valence-corrected chi connectivity index (χ1v) is 9.29. The lowest BCUT2D eigenvalue weighted by Crippen LogP contribution is -2.30. The largest absolute Gasteiger partial charge is 0.446 e. The maximum absolute atomic E-state index is 12.8. The maximum Gasteiger partial charge on any atom is 0.273 e. The molecular formula is C22H23N3O3. The van der Waals surface area contributed by atoms with Crippen LogP contribution in [0.25, 0.3) is 11.1 Å². The van der Waals surface area contributed by atoms with Gasteiger partial charge in [-0.25, -0.2) is 4.98 Å². The smallest absolute Gasteiger partial charge is 0.273 e. The van der Waals surface area contributed by atoms with Gasteiger partial charge >= 0.3 is 0 Å². The summed E-state index contributed by atoms with van der Waals surface area (Å²) in [6, 6.07) is 17.5. The van der Waals surface area contributed by atoms with E-state index in [1.54, 1.807) is 4.90 Å². The van der Waals surface area contributed by atoms with Crippen molar-refractivity contribution in [3.8, 4) is 11.1 Å². The van der Waals surface area contributed by atoms with Crippen molar-refractivity contribution < 1.29 is 14.0 Å². The lowest BCUT2D eigenvalue weighted by molar-refractivity contribution is 0.0738. The quantitative estimate of drug-likeness (QED) is 0.680. The Hall–Kier alpha value is -3.41. The second-order valence-electron chi connectivity index (χ2n) is 6.25. The van der Waals surface area contributed by atoms with Crippen LogP contribution in [0, 0.1) is 0 Å². The van der Waals surface area contributed by atoms with Gasteiger partial charge in [-0.3, -0.25) is 9.59 Å². The summed E-state index contributed by atoms with van der Waals surface area (Å²) in [4.78, 5) is 30.5. The molecule has 0 aliphatic heterocycles. The van der Waals surface area contributed by atoms with E-state index in [1.807, 2.05) is 68.4 Å². The predicted octanol–water partition coefficient (Wildman–Crippen LogP) is 3.75. The molecule has 6 nitrogen and oxygen atoms in total. The summed E-state index contributed by atoms with van der Waals surface area (Å²) in [6.07, 6.45) is 1.31. The number of hydrogen-bond donors (Lipinski definition) is 1. The lowest BCUT2D eigenvalue weighted by Gasteiger charge is -2.19. The number of oxazole rings is 1. The number of amides is 2. The first kappa shape index (κ1) is 19.4. The minimum atomic E-state index is -0.289. The zero-order valence-electron chi connectivity index (χ0n) is 16.0. The fraction of sp³-hybridized carbons (Fsp3) is 0.227. The van der Waals surface area contributed by atoms with Gasteiger partial charge in [-0.15, -0.1) is 0 Å². The van der Waals surface area contributed by atoms with E-state index in [2.05, 4.69) is 10.3 Å². The Bertz CT molecular complexity index is 933. The van der Waals surface area contributed by atoms with E-state index in [0.717, 1.165) is 11.1 Å². The van der Waals surface area contributed by atoms with Crippen LogP contribution < -0.4 is 5.32 Å². The van der Waals surface area contributed by atoms with Crippen molar-refractivity contribution in [3.05, 3.63) is 78.0 Å². The Balaban J connectivity index is 1.70. The first-order chi connectivity index (χ1) is 13.6. The third kappa shape index (κ3) is 4.46. The van der Waals surface area contributed by atoms with Crippen LogP contribution >= 0.6 is 0 Å². The Morgan fingerprint density at radius 1 is 1.00 bits per heavy atom. The van der Waals surface area contributed by atoms with Crippen LogP contribution in [-0.2, 0) is 6.54 Å². The van der Waals surface area contributed by atoms with Crippen LogP contribution in [0.2, 0.25) is 0 Å². The molecule has 144 valence electrons. The average molecular weight is 377 g/mol. The Kier molecular flexibility index (Phi) is 6.22. The first-order valence-electron chi connectivity index (χ1n) is 9.29. The minimum Gasteiger partial charge on any atom is -0.446 e. The number of hydrogen-bond acceptors (Lipinski definition) is 4. The number of rotatable bonds is 7. The number of aromatic nitrogens is 1. The van der Waals surface area contributed by atoms with E-state index in [1.165, 1.54) is 6.26 Å². The lowest BCUT2D eigenvalue weighted by atomic mass is 10.0. The Labute approximate surface area is 164 Å². The van der Waals surface area contributed by atoms with Gasteiger partial charge in [0.25, 0.3) is 11.8 Å². The molecule has 0 radical (unpaired) electrons. The van der Waals surface area contributed by atoms with Crippen LogP contribution in [0.3, 0.4) is 0 Å². The third-order valence-corrected chi connectivity index (χ3v) is 4.36. The summed E-state index contributed by atoms with van der Waals surface area (Å²) in [5, 5.41) is 2.67. The van der Waals surface area contributed by atoms with Crippen LogP contribution in [0.1, 0.15) is 40.6 Å². The molecule has 0 spiro atoms. The molecule has 0 saturated carbocycles. The minimum absolute atomic E-state index is 0.111. The monoisotopic (exact) mass is 377 g/mol. The van der Waals surface area contributed by atoms with Gasteiger partial charge in [0.15, 0.2) is 5.69 Å². The summed E-state index contributed by atoms with van der Waals surface area (Å²) >= 11 is 0. The number of nitrogens with one attached hydrogen (secondary N) is 1. The van der Waals surface area contributed by atoms with Crippen LogP contribution in [-0.4, -0.2) is 34.8 Å². The van der Waals surface area contributed by atoms with Crippen LogP contribution in [0.5, 0.6) is 0 Å². The van der Waals surface area contributed by atoms with Gasteiger partial charge in [0, 0.05) is 18.7 Å². The zero-order valence-corrected chi connectivity index (χ0v) is 16.0. The molecule has 0 unspecified atom stereocenters. The number of carbonyl (C=O) groups is 2. The highest BCUT2D eigenvalue weighted by Crippen LogP contribution is 2.20. The molecule has 0 saturated heterocycles. The summed E-state index contributed by atoms with van der Waals surface area (Å²) in [7, 11) is 0. The molecule has 1 N–H and O–H groups in total. The van der Waals surface area contributed by atoms with Crippen molar-refractivity contribution in [2.45, 2.75) is 20.4 Å². The Morgan fingerprint density at radius 3 is 2.32 bits per heavy atom. The van der Waals surface area contributed by atoms with Crippen molar-refractivity contribution >= 4 is 11.8 Å². The summed E-state index contributed by atoms with van der Waals surface area (Å²) in [5.41, 5.74) is 2.97. The number of carbonyl (C=O) groups excluding carboxylic acids is 2. The molecule has 3 aromatic rings. The van der Waals surface area contributed by atoms with Gasteiger partial charge < -0.3 is 14.6 Å². The molecule has 0 bridgehead atoms.